The third-order valence-corrected chi connectivity index (χ3v) is 9.01. The first-order valence-electron chi connectivity index (χ1n) is 15.8. The number of nitrogens with zero attached hydrogens (tertiary/aromatic N) is 4. The average Bonchev–Trinajstić information content (AvgIpc) is 3.73. The van der Waals surface area contributed by atoms with Crippen LogP contribution in [0.1, 0.15) is 56.7 Å². The van der Waals surface area contributed by atoms with Gasteiger partial charge in [-0.05, 0) is 104 Å². The van der Waals surface area contributed by atoms with Crippen molar-refractivity contribution < 1.29 is 9.47 Å². The first-order valence-corrected chi connectivity index (χ1v) is 15.8. The molecule has 0 saturated heterocycles. The molecule has 1 fully saturated rings. The second-order valence-electron chi connectivity index (χ2n) is 13.3. The molecule has 4 heterocycles. The highest BCUT2D eigenvalue weighted by Gasteiger charge is 2.35. The van der Waals surface area contributed by atoms with Crippen LogP contribution in [0.15, 0.2) is 102 Å². The number of fused-ring (bicyclic) bond motifs is 4. The maximum absolute atomic E-state index is 6.78. The summed E-state index contributed by atoms with van der Waals surface area (Å²) in [5, 5.41) is 2.33. The summed E-state index contributed by atoms with van der Waals surface area (Å²) in [6, 6.07) is 29.7. The second kappa shape index (κ2) is 10.6. The molecule has 0 unspecified atom stereocenters. The van der Waals surface area contributed by atoms with E-state index in [4.69, 9.17) is 19.5 Å². The Labute approximate surface area is 263 Å². The van der Waals surface area contributed by atoms with Crippen LogP contribution in [0, 0.1) is 6.92 Å². The number of aliphatic imine (C=N–C) groups is 1. The monoisotopic (exact) mass is 592 g/mol. The van der Waals surface area contributed by atoms with Gasteiger partial charge in [0.15, 0.2) is 0 Å². The SMILES string of the molecule is Cc1ccc2c(c1)c1cccnc1n2-c1cc(Oc2cc(C3=N[C@@H]4CCC[C@@H]4O3)cc(-c3ccccn3)c2)cc(C(C)(C)C)c1. The van der Waals surface area contributed by atoms with Gasteiger partial charge in [0.25, 0.3) is 0 Å². The maximum atomic E-state index is 6.78. The van der Waals surface area contributed by atoms with Crippen LogP contribution in [0.2, 0.25) is 0 Å². The van der Waals surface area contributed by atoms with Gasteiger partial charge >= 0.3 is 0 Å². The molecule has 0 bridgehead atoms. The van der Waals surface area contributed by atoms with Crippen molar-refractivity contribution in [1.82, 2.24) is 14.5 Å². The molecule has 1 aliphatic carbocycles. The normalized spacial score (nSPS) is 17.8. The Hall–Kier alpha value is -4.97. The molecule has 0 amide bonds. The first-order chi connectivity index (χ1) is 21.8. The summed E-state index contributed by atoms with van der Waals surface area (Å²) >= 11 is 0. The van der Waals surface area contributed by atoms with E-state index in [1.54, 1.807) is 0 Å². The van der Waals surface area contributed by atoms with E-state index in [1.165, 1.54) is 22.9 Å². The molecule has 0 N–H and O–H groups in total. The van der Waals surface area contributed by atoms with E-state index in [0.717, 1.165) is 57.6 Å². The molecular weight excluding hydrogens is 556 g/mol. The molecule has 45 heavy (non-hydrogen) atoms. The molecule has 6 aromatic rings. The lowest BCUT2D eigenvalue weighted by atomic mass is 9.86. The van der Waals surface area contributed by atoms with Crippen molar-refractivity contribution in [3.63, 3.8) is 0 Å². The topological polar surface area (TPSA) is 61.5 Å². The smallest absolute Gasteiger partial charge is 0.216 e. The summed E-state index contributed by atoms with van der Waals surface area (Å²) in [5.41, 5.74) is 8.09. The molecule has 6 nitrogen and oxygen atoms in total. The Morgan fingerprint density at radius 2 is 1.64 bits per heavy atom. The lowest BCUT2D eigenvalue weighted by Gasteiger charge is -2.22. The molecule has 2 aliphatic rings. The summed E-state index contributed by atoms with van der Waals surface area (Å²) < 4.78 is 15.4. The quantitative estimate of drug-likeness (QED) is 0.200. The van der Waals surface area contributed by atoms with E-state index >= 15 is 0 Å². The molecule has 8 rings (SSSR count). The largest absolute Gasteiger partial charge is 0.472 e. The number of hydrogen-bond donors (Lipinski definition) is 0. The minimum absolute atomic E-state index is 0.109. The number of benzene rings is 3. The van der Waals surface area contributed by atoms with Crippen molar-refractivity contribution >= 4 is 27.8 Å². The molecule has 1 saturated carbocycles. The van der Waals surface area contributed by atoms with Gasteiger partial charge in [-0.15, -0.1) is 0 Å². The van der Waals surface area contributed by atoms with E-state index in [2.05, 4.69) is 91.8 Å². The van der Waals surface area contributed by atoms with Crippen LogP contribution in [0.4, 0.5) is 0 Å². The highest BCUT2D eigenvalue weighted by Crippen LogP contribution is 2.38. The van der Waals surface area contributed by atoms with Gasteiger partial charge in [0.2, 0.25) is 5.90 Å². The van der Waals surface area contributed by atoms with Gasteiger partial charge in [0.1, 0.15) is 23.3 Å². The predicted molar refractivity (Wildman–Crippen MR) is 181 cm³/mol. The summed E-state index contributed by atoms with van der Waals surface area (Å²) in [7, 11) is 0. The van der Waals surface area contributed by atoms with Gasteiger partial charge in [-0.2, -0.15) is 0 Å². The van der Waals surface area contributed by atoms with Crippen LogP contribution in [0.3, 0.4) is 0 Å². The van der Waals surface area contributed by atoms with Crippen molar-refractivity contribution in [2.75, 3.05) is 0 Å². The van der Waals surface area contributed by atoms with Gasteiger partial charge < -0.3 is 9.47 Å². The molecule has 0 radical (unpaired) electrons. The van der Waals surface area contributed by atoms with Crippen molar-refractivity contribution in [1.29, 1.82) is 0 Å². The van der Waals surface area contributed by atoms with E-state index in [0.29, 0.717) is 11.6 Å². The zero-order valence-electron chi connectivity index (χ0n) is 26.1. The molecular formula is C39H36N4O2. The summed E-state index contributed by atoms with van der Waals surface area (Å²) in [5.74, 6) is 2.17. The zero-order valence-corrected chi connectivity index (χ0v) is 26.1. The fraction of sp³-hybridized carbons (Fsp3) is 0.256. The van der Waals surface area contributed by atoms with Gasteiger partial charge in [-0.3, -0.25) is 9.55 Å². The van der Waals surface area contributed by atoms with Crippen LogP contribution in [-0.4, -0.2) is 32.6 Å². The zero-order chi connectivity index (χ0) is 30.7. The Morgan fingerprint density at radius 1 is 0.800 bits per heavy atom. The van der Waals surface area contributed by atoms with E-state index < -0.39 is 0 Å². The summed E-state index contributed by atoms with van der Waals surface area (Å²) in [6.45, 7) is 8.83. The minimum Gasteiger partial charge on any atom is -0.472 e. The molecule has 6 heteroatoms. The van der Waals surface area contributed by atoms with Gasteiger partial charge in [0, 0.05) is 40.4 Å². The fourth-order valence-corrected chi connectivity index (χ4v) is 6.68. The highest BCUT2D eigenvalue weighted by molar-refractivity contribution is 6.08. The number of aromatic nitrogens is 3. The van der Waals surface area contributed by atoms with E-state index in [9.17, 15) is 0 Å². The first kappa shape index (κ1) is 27.6. The lowest BCUT2D eigenvalue weighted by Crippen LogP contribution is -2.15. The van der Waals surface area contributed by atoms with E-state index in [1.807, 2.05) is 42.7 Å². The van der Waals surface area contributed by atoms with Crippen LogP contribution in [0.5, 0.6) is 11.5 Å². The molecule has 0 spiro atoms. The van der Waals surface area contributed by atoms with Crippen LogP contribution >= 0.6 is 0 Å². The van der Waals surface area contributed by atoms with Gasteiger partial charge in [-0.1, -0.05) is 38.5 Å². The Bertz CT molecular complexity index is 2110. The number of aryl methyl sites for hydroxylation is 1. The van der Waals surface area contributed by atoms with Crippen molar-refractivity contribution in [3.05, 3.63) is 114 Å². The fourth-order valence-electron chi connectivity index (χ4n) is 6.68. The van der Waals surface area contributed by atoms with Crippen molar-refractivity contribution in [2.45, 2.75) is 64.5 Å². The predicted octanol–water partition coefficient (Wildman–Crippen LogP) is 9.34. The van der Waals surface area contributed by atoms with Gasteiger partial charge in [0.05, 0.1) is 22.9 Å². The van der Waals surface area contributed by atoms with Crippen LogP contribution in [-0.2, 0) is 10.2 Å². The molecule has 1 aliphatic heterocycles. The number of hydrogen-bond acceptors (Lipinski definition) is 5. The molecule has 3 aromatic carbocycles. The Balaban J connectivity index is 1.27. The molecule has 3 aromatic heterocycles. The van der Waals surface area contributed by atoms with E-state index in [-0.39, 0.29) is 17.6 Å². The number of rotatable bonds is 5. The summed E-state index contributed by atoms with van der Waals surface area (Å²) in [4.78, 5) is 14.4. The molecule has 2 atom stereocenters. The summed E-state index contributed by atoms with van der Waals surface area (Å²) in [6.07, 6.45) is 7.16. The van der Waals surface area contributed by atoms with Crippen LogP contribution < -0.4 is 4.74 Å². The standard InChI is InChI=1S/C39H36N4O2/c1-24-13-14-35-32(17-24)31-9-8-16-41-37(31)43(35)28-21-27(39(2,3)4)22-30(23-28)44-29-19-25(33-10-5-6-15-40-33)18-26(20-29)38-42-34-11-7-12-36(34)45-38/h5-6,8-10,13-23,34,36H,7,11-12H2,1-4H3/t34-,36+/m1/s1. The van der Waals surface area contributed by atoms with Crippen molar-refractivity contribution in [3.8, 4) is 28.4 Å². The Morgan fingerprint density at radius 3 is 2.47 bits per heavy atom. The molecule has 224 valence electrons. The number of pyridine rings is 2. The van der Waals surface area contributed by atoms with Crippen molar-refractivity contribution in [2.24, 2.45) is 4.99 Å². The lowest BCUT2D eigenvalue weighted by molar-refractivity contribution is 0.211. The third-order valence-electron chi connectivity index (χ3n) is 9.01. The minimum atomic E-state index is -0.109. The van der Waals surface area contributed by atoms with Gasteiger partial charge in [-0.25, -0.2) is 9.98 Å². The third kappa shape index (κ3) is 5.04. The number of ether oxygens (including phenoxy) is 2. The average molecular weight is 593 g/mol. The van der Waals surface area contributed by atoms with Crippen LogP contribution in [0.25, 0.3) is 38.9 Å². The maximum Gasteiger partial charge on any atom is 0.216 e. The highest BCUT2D eigenvalue weighted by atomic mass is 16.5. The second-order valence-corrected chi connectivity index (χ2v) is 13.3. The Kier molecular flexibility index (Phi) is 6.48.